The number of ether oxygens (including phenoxy) is 1. The van der Waals surface area contributed by atoms with Gasteiger partial charge in [-0.3, -0.25) is 0 Å². The van der Waals surface area contributed by atoms with E-state index in [1.165, 1.54) is 25.3 Å². The molecule has 0 radical (unpaired) electrons. The SMILES string of the molecule is COC(=O)C=Cc1cc(Cl)c(C)cc1F. The Balaban J connectivity index is 3.00. The third-order valence-electron chi connectivity index (χ3n) is 1.88. The first-order valence-corrected chi connectivity index (χ1v) is 4.64. The van der Waals surface area contributed by atoms with Crippen molar-refractivity contribution in [1.29, 1.82) is 0 Å². The van der Waals surface area contributed by atoms with Crippen LogP contribution in [0.25, 0.3) is 6.08 Å². The second kappa shape index (κ2) is 4.94. The average Bonchev–Trinajstić information content (AvgIpc) is 2.21. The number of halogens is 2. The van der Waals surface area contributed by atoms with Gasteiger partial charge in [0.25, 0.3) is 0 Å². The highest BCUT2D eigenvalue weighted by molar-refractivity contribution is 6.31. The number of methoxy groups -OCH3 is 1. The molecule has 0 N–H and O–H groups in total. The molecule has 4 heteroatoms. The van der Waals surface area contributed by atoms with E-state index in [1.54, 1.807) is 6.92 Å². The topological polar surface area (TPSA) is 26.3 Å². The third kappa shape index (κ3) is 3.06. The summed E-state index contributed by atoms with van der Waals surface area (Å²) in [6, 6.07) is 2.78. The fourth-order valence-electron chi connectivity index (χ4n) is 1.02. The molecular weight excluding hydrogens is 219 g/mol. The lowest BCUT2D eigenvalue weighted by Gasteiger charge is -2.01. The van der Waals surface area contributed by atoms with Crippen LogP contribution in [-0.2, 0) is 9.53 Å². The molecule has 1 rings (SSSR count). The monoisotopic (exact) mass is 228 g/mol. The van der Waals surface area contributed by atoms with Gasteiger partial charge in [-0.05, 0) is 30.7 Å². The summed E-state index contributed by atoms with van der Waals surface area (Å²) in [4.78, 5) is 10.8. The third-order valence-corrected chi connectivity index (χ3v) is 2.29. The van der Waals surface area contributed by atoms with Gasteiger partial charge >= 0.3 is 5.97 Å². The number of benzene rings is 1. The molecule has 0 aliphatic carbocycles. The molecule has 0 atom stereocenters. The van der Waals surface area contributed by atoms with Gasteiger partial charge in [-0.15, -0.1) is 0 Å². The van der Waals surface area contributed by atoms with E-state index in [9.17, 15) is 9.18 Å². The maximum Gasteiger partial charge on any atom is 0.330 e. The maximum atomic E-state index is 13.3. The van der Waals surface area contributed by atoms with Gasteiger partial charge in [0.2, 0.25) is 0 Å². The van der Waals surface area contributed by atoms with Crippen molar-refractivity contribution < 1.29 is 13.9 Å². The number of carbonyl (C=O) groups excluding carboxylic acids is 1. The van der Waals surface area contributed by atoms with Gasteiger partial charge in [0, 0.05) is 16.7 Å². The molecule has 0 saturated carbocycles. The zero-order chi connectivity index (χ0) is 11.4. The molecule has 0 aromatic heterocycles. The molecule has 0 aliphatic heterocycles. The Morgan fingerprint density at radius 1 is 1.53 bits per heavy atom. The van der Waals surface area contributed by atoms with Crippen LogP contribution in [0.3, 0.4) is 0 Å². The zero-order valence-corrected chi connectivity index (χ0v) is 9.14. The van der Waals surface area contributed by atoms with Gasteiger partial charge in [0.05, 0.1) is 7.11 Å². The van der Waals surface area contributed by atoms with E-state index in [4.69, 9.17) is 11.6 Å². The summed E-state index contributed by atoms with van der Waals surface area (Å²) < 4.78 is 17.7. The van der Waals surface area contributed by atoms with Crippen LogP contribution in [0.15, 0.2) is 18.2 Å². The van der Waals surface area contributed by atoms with Gasteiger partial charge in [-0.2, -0.15) is 0 Å². The summed E-state index contributed by atoms with van der Waals surface area (Å²) in [7, 11) is 1.26. The quantitative estimate of drug-likeness (QED) is 0.575. The van der Waals surface area contributed by atoms with Crippen molar-refractivity contribution >= 4 is 23.6 Å². The fraction of sp³-hybridized carbons (Fsp3) is 0.182. The van der Waals surface area contributed by atoms with E-state index in [0.29, 0.717) is 10.6 Å². The van der Waals surface area contributed by atoms with Crippen LogP contribution in [0.2, 0.25) is 5.02 Å². The summed E-state index contributed by atoms with van der Waals surface area (Å²) in [5.41, 5.74) is 0.917. The molecule has 1 aromatic carbocycles. The van der Waals surface area contributed by atoms with Gasteiger partial charge in [-0.25, -0.2) is 9.18 Å². The summed E-state index contributed by atoms with van der Waals surface area (Å²) in [6.45, 7) is 1.71. The minimum absolute atomic E-state index is 0.260. The first kappa shape index (κ1) is 11.7. The second-order valence-corrected chi connectivity index (χ2v) is 3.39. The van der Waals surface area contributed by atoms with E-state index < -0.39 is 11.8 Å². The molecular formula is C11H10ClFO2. The number of carbonyl (C=O) groups is 1. The summed E-state index contributed by atoms with van der Waals surface area (Å²) in [5.74, 6) is -0.955. The highest BCUT2D eigenvalue weighted by Gasteiger charge is 2.03. The highest BCUT2D eigenvalue weighted by atomic mass is 35.5. The fourth-order valence-corrected chi connectivity index (χ4v) is 1.19. The van der Waals surface area contributed by atoms with Gasteiger partial charge in [0.1, 0.15) is 5.82 Å². The Kier molecular flexibility index (Phi) is 3.86. The summed E-state index contributed by atoms with van der Waals surface area (Å²) >= 11 is 5.82. The number of aryl methyl sites for hydroxylation is 1. The van der Waals surface area contributed by atoms with Crippen molar-refractivity contribution in [2.24, 2.45) is 0 Å². The van der Waals surface area contributed by atoms with Crippen LogP contribution in [0, 0.1) is 12.7 Å². The van der Waals surface area contributed by atoms with Crippen molar-refractivity contribution in [3.8, 4) is 0 Å². The van der Waals surface area contributed by atoms with Crippen molar-refractivity contribution in [3.63, 3.8) is 0 Å². The highest BCUT2D eigenvalue weighted by Crippen LogP contribution is 2.20. The molecule has 0 amide bonds. The Labute approximate surface area is 92.3 Å². The van der Waals surface area contributed by atoms with E-state index in [0.717, 1.165) is 6.08 Å². The van der Waals surface area contributed by atoms with Crippen LogP contribution in [0.1, 0.15) is 11.1 Å². The average molecular weight is 229 g/mol. The standard InChI is InChI=1S/C11H10ClFO2/c1-7-5-10(13)8(6-9(7)12)3-4-11(14)15-2/h3-6H,1-2H3. The number of hydrogen-bond acceptors (Lipinski definition) is 2. The molecule has 80 valence electrons. The Hall–Kier alpha value is -1.35. The number of hydrogen-bond donors (Lipinski definition) is 0. The van der Waals surface area contributed by atoms with Crippen LogP contribution in [-0.4, -0.2) is 13.1 Å². The van der Waals surface area contributed by atoms with E-state index in [1.807, 2.05) is 0 Å². The molecule has 0 heterocycles. The largest absolute Gasteiger partial charge is 0.466 e. The molecule has 0 spiro atoms. The lowest BCUT2D eigenvalue weighted by Crippen LogP contribution is -1.94. The molecule has 0 bridgehead atoms. The van der Waals surface area contributed by atoms with E-state index in [2.05, 4.69) is 4.74 Å². The van der Waals surface area contributed by atoms with Crippen molar-refractivity contribution in [3.05, 3.63) is 40.2 Å². The van der Waals surface area contributed by atoms with Crippen molar-refractivity contribution in [1.82, 2.24) is 0 Å². The number of esters is 1. The Morgan fingerprint density at radius 2 is 2.20 bits per heavy atom. The lowest BCUT2D eigenvalue weighted by molar-refractivity contribution is -0.134. The van der Waals surface area contributed by atoms with Crippen molar-refractivity contribution in [2.45, 2.75) is 6.92 Å². The molecule has 0 aliphatic rings. The zero-order valence-electron chi connectivity index (χ0n) is 8.38. The molecule has 0 fully saturated rings. The maximum absolute atomic E-state index is 13.3. The molecule has 2 nitrogen and oxygen atoms in total. The predicted molar refractivity (Wildman–Crippen MR) is 57.2 cm³/mol. The van der Waals surface area contributed by atoms with Crippen LogP contribution >= 0.6 is 11.6 Å². The molecule has 0 unspecified atom stereocenters. The molecule has 0 saturated heterocycles. The smallest absolute Gasteiger partial charge is 0.330 e. The van der Waals surface area contributed by atoms with Gasteiger partial charge < -0.3 is 4.74 Å². The molecule has 1 aromatic rings. The first-order valence-electron chi connectivity index (χ1n) is 4.26. The lowest BCUT2D eigenvalue weighted by atomic mass is 10.1. The van der Waals surface area contributed by atoms with E-state index >= 15 is 0 Å². The minimum Gasteiger partial charge on any atom is -0.466 e. The molecule has 15 heavy (non-hydrogen) atoms. The van der Waals surface area contributed by atoms with Crippen molar-refractivity contribution in [2.75, 3.05) is 7.11 Å². The van der Waals surface area contributed by atoms with Crippen LogP contribution in [0.5, 0.6) is 0 Å². The van der Waals surface area contributed by atoms with Gasteiger partial charge in [-0.1, -0.05) is 11.6 Å². The van der Waals surface area contributed by atoms with E-state index in [-0.39, 0.29) is 5.56 Å². The predicted octanol–water partition coefficient (Wildman–Crippen LogP) is 2.97. The summed E-state index contributed by atoms with van der Waals surface area (Å²) in [5, 5.41) is 0.459. The van der Waals surface area contributed by atoms with Crippen LogP contribution < -0.4 is 0 Å². The Morgan fingerprint density at radius 3 is 2.80 bits per heavy atom. The van der Waals surface area contributed by atoms with Crippen LogP contribution in [0.4, 0.5) is 4.39 Å². The minimum atomic E-state index is -0.536. The Bertz CT molecular complexity index is 413. The van der Waals surface area contributed by atoms with Gasteiger partial charge in [0.15, 0.2) is 0 Å². The normalized spacial score (nSPS) is 10.7. The second-order valence-electron chi connectivity index (χ2n) is 2.98. The first-order chi connectivity index (χ1) is 7.04. The summed E-state index contributed by atoms with van der Waals surface area (Å²) in [6.07, 6.45) is 2.47. The number of rotatable bonds is 2.